The van der Waals surface area contributed by atoms with Crippen LogP contribution in [0.2, 0.25) is 5.02 Å². The minimum atomic E-state index is -0.0828. The quantitative estimate of drug-likeness (QED) is 0.718. The molecule has 14 heavy (non-hydrogen) atoms. The second kappa shape index (κ2) is 4.77. The number of hydrogen-bond acceptors (Lipinski definition) is 3. The molecule has 0 amide bonds. The monoisotopic (exact) mass is 212 g/mol. The predicted octanol–water partition coefficient (Wildman–Crippen LogP) is 2.12. The molecule has 4 heteroatoms. The van der Waals surface area contributed by atoms with Gasteiger partial charge in [-0.25, -0.2) is 0 Å². The summed E-state index contributed by atoms with van der Waals surface area (Å²) < 4.78 is 5.10. The normalized spacial score (nSPS) is 9.57. The molecule has 1 aromatic rings. The summed E-state index contributed by atoms with van der Waals surface area (Å²) in [6.45, 7) is 1.41. The third-order valence-electron chi connectivity index (χ3n) is 1.52. The van der Waals surface area contributed by atoms with E-state index in [1.165, 1.54) is 13.0 Å². The maximum absolute atomic E-state index is 10.6. The first-order chi connectivity index (χ1) is 6.63. The van der Waals surface area contributed by atoms with Crippen LogP contribution < -0.4 is 4.74 Å². The first kappa shape index (κ1) is 10.7. The summed E-state index contributed by atoms with van der Waals surface area (Å²) in [6.07, 6.45) is 0.695. The zero-order valence-corrected chi connectivity index (χ0v) is 8.38. The van der Waals surface area contributed by atoms with Crippen molar-refractivity contribution in [3.8, 4) is 5.75 Å². The molecule has 0 spiro atoms. The molecule has 0 aromatic heterocycles. The number of aldehydes is 1. The lowest BCUT2D eigenvalue weighted by Gasteiger charge is -2.05. The molecule has 0 radical (unpaired) electrons. The summed E-state index contributed by atoms with van der Waals surface area (Å²) >= 11 is 5.80. The summed E-state index contributed by atoms with van der Waals surface area (Å²) in [4.78, 5) is 21.0. The zero-order valence-electron chi connectivity index (χ0n) is 7.62. The summed E-state index contributed by atoms with van der Waals surface area (Å²) in [7, 11) is 0. The highest BCUT2D eigenvalue weighted by Crippen LogP contribution is 2.24. The van der Waals surface area contributed by atoms with E-state index in [4.69, 9.17) is 16.3 Å². The predicted molar refractivity (Wildman–Crippen MR) is 53.0 cm³/mol. The van der Waals surface area contributed by atoms with Crippen molar-refractivity contribution in [3.63, 3.8) is 0 Å². The smallest absolute Gasteiger partial charge is 0.167 e. The lowest BCUT2D eigenvalue weighted by atomic mass is 10.2. The van der Waals surface area contributed by atoms with Gasteiger partial charge in [0.15, 0.2) is 5.78 Å². The van der Waals surface area contributed by atoms with Crippen molar-refractivity contribution >= 4 is 23.7 Å². The van der Waals surface area contributed by atoms with Gasteiger partial charge in [0, 0.05) is 5.56 Å². The van der Waals surface area contributed by atoms with Crippen LogP contribution in [0.1, 0.15) is 17.3 Å². The summed E-state index contributed by atoms with van der Waals surface area (Å²) in [6, 6.07) is 4.63. The van der Waals surface area contributed by atoms with Crippen LogP contribution in [0.25, 0.3) is 0 Å². The third kappa shape index (κ3) is 2.85. The Kier molecular flexibility index (Phi) is 3.65. The van der Waals surface area contributed by atoms with Gasteiger partial charge in [0.2, 0.25) is 0 Å². The Hall–Kier alpha value is -1.35. The van der Waals surface area contributed by atoms with Crippen LogP contribution in [0.5, 0.6) is 5.75 Å². The van der Waals surface area contributed by atoms with Crippen LogP contribution >= 0.6 is 11.6 Å². The number of carbonyl (C=O) groups is 2. The number of ether oxygens (including phenoxy) is 1. The zero-order chi connectivity index (χ0) is 10.6. The molecular weight excluding hydrogens is 204 g/mol. The molecule has 0 aliphatic heterocycles. The summed E-state index contributed by atoms with van der Waals surface area (Å²) in [5, 5.41) is 0.329. The fourth-order valence-electron chi connectivity index (χ4n) is 0.887. The van der Waals surface area contributed by atoms with Gasteiger partial charge in [-0.2, -0.15) is 0 Å². The van der Waals surface area contributed by atoms with Crippen LogP contribution in [0.15, 0.2) is 18.2 Å². The van der Waals surface area contributed by atoms with Crippen LogP contribution in [-0.4, -0.2) is 18.7 Å². The van der Waals surface area contributed by atoms with Crippen LogP contribution in [-0.2, 0) is 4.79 Å². The van der Waals surface area contributed by atoms with Crippen molar-refractivity contribution < 1.29 is 14.3 Å². The summed E-state index contributed by atoms with van der Waals surface area (Å²) in [5.74, 6) is 0.327. The highest BCUT2D eigenvalue weighted by Gasteiger charge is 2.03. The molecule has 0 unspecified atom stereocenters. The topological polar surface area (TPSA) is 43.4 Å². The van der Waals surface area contributed by atoms with Gasteiger partial charge in [0.1, 0.15) is 18.6 Å². The van der Waals surface area contributed by atoms with E-state index in [0.717, 1.165) is 0 Å². The second-order valence-corrected chi connectivity index (χ2v) is 3.21. The molecule has 0 fully saturated rings. The van der Waals surface area contributed by atoms with Crippen LogP contribution in [0.3, 0.4) is 0 Å². The largest absolute Gasteiger partial charge is 0.484 e. The fraction of sp³-hybridized carbons (Fsp3) is 0.200. The molecule has 0 heterocycles. The van der Waals surface area contributed by atoms with Gasteiger partial charge in [0.25, 0.3) is 0 Å². The van der Waals surface area contributed by atoms with Gasteiger partial charge in [-0.3, -0.25) is 9.59 Å². The first-order valence-corrected chi connectivity index (χ1v) is 4.38. The lowest BCUT2D eigenvalue weighted by molar-refractivity contribution is -0.118. The van der Waals surface area contributed by atoms with E-state index in [2.05, 4.69) is 0 Å². The number of carbonyl (C=O) groups excluding carboxylic acids is 2. The van der Waals surface area contributed by atoms with E-state index in [-0.39, 0.29) is 12.4 Å². The van der Waals surface area contributed by atoms with Crippen molar-refractivity contribution in [1.82, 2.24) is 0 Å². The molecule has 0 atom stereocenters. The number of ketones is 1. The Morgan fingerprint density at radius 1 is 1.57 bits per heavy atom. The number of benzene rings is 1. The van der Waals surface area contributed by atoms with Gasteiger partial charge in [-0.15, -0.1) is 0 Å². The van der Waals surface area contributed by atoms with Gasteiger partial charge in [-0.05, 0) is 25.1 Å². The molecule has 74 valence electrons. The average Bonchev–Trinajstić information content (AvgIpc) is 2.15. The molecule has 0 saturated heterocycles. The highest BCUT2D eigenvalue weighted by atomic mass is 35.5. The molecule has 3 nitrogen and oxygen atoms in total. The van der Waals surface area contributed by atoms with Gasteiger partial charge in [-0.1, -0.05) is 11.6 Å². The summed E-state index contributed by atoms with van der Waals surface area (Å²) in [5.41, 5.74) is 0.477. The number of halogens is 1. The van der Waals surface area contributed by atoms with E-state index < -0.39 is 0 Å². The first-order valence-electron chi connectivity index (χ1n) is 4.00. The Morgan fingerprint density at radius 2 is 2.29 bits per heavy atom. The van der Waals surface area contributed by atoms with Crippen molar-refractivity contribution in [2.75, 3.05) is 6.61 Å². The highest BCUT2D eigenvalue weighted by molar-refractivity contribution is 6.32. The molecule has 1 rings (SSSR count). The molecule has 0 bridgehead atoms. The average molecular weight is 213 g/mol. The van der Waals surface area contributed by atoms with Gasteiger partial charge in [0.05, 0.1) is 5.02 Å². The second-order valence-electron chi connectivity index (χ2n) is 2.80. The van der Waals surface area contributed by atoms with Crippen molar-refractivity contribution in [2.45, 2.75) is 6.92 Å². The maximum atomic E-state index is 10.6. The minimum absolute atomic E-state index is 0.0137. The molecular formula is C10H9ClO3. The van der Waals surface area contributed by atoms with Gasteiger partial charge < -0.3 is 4.74 Å². The van der Waals surface area contributed by atoms with E-state index in [9.17, 15) is 9.59 Å². The van der Waals surface area contributed by atoms with Crippen LogP contribution in [0.4, 0.5) is 0 Å². The standard InChI is InChI=1S/C10H9ClO3/c1-7(13)6-14-10-3-2-8(5-12)4-9(10)11/h2-5H,6H2,1H3. The Morgan fingerprint density at radius 3 is 2.79 bits per heavy atom. The Labute approximate surface area is 86.6 Å². The molecule has 0 aliphatic rings. The Balaban J connectivity index is 2.78. The van der Waals surface area contributed by atoms with Crippen LogP contribution in [0, 0.1) is 0 Å². The molecule has 0 N–H and O–H groups in total. The number of hydrogen-bond donors (Lipinski definition) is 0. The van der Waals surface area contributed by atoms with E-state index in [0.29, 0.717) is 22.6 Å². The molecule has 1 aromatic carbocycles. The van der Waals surface area contributed by atoms with Crippen molar-refractivity contribution in [3.05, 3.63) is 28.8 Å². The molecule has 0 saturated carbocycles. The van der Waals surface area contributed by atoms with Crippen molar-refractivity contribution in [1.29, 1.82) is 0 Å². The molecule has 0 aliphatic carbocycles. The number of rotatable bonds is 4. The fourth-order valence-corrected chi connectivity index (χ4v) is 1.13. The minimum Gasteiger partial charge on any atom is -0.484 e. The lowest BCUT2D eigenvalue weighted by Crippen LogP contribution is -2.06. The maximum Gasteiger partial charge on any atom is 0.167 e. The van der Waals surface area contributed by atoms with E-state index in [1.54, 1.807) is 12.1 Å². The van der Waals surface area contributed by atoms with E-state index in [1.807, 2.05) is 0 Å². The van der Waals surface area contributed by atoms with E-state index >= 15 is 0 Å². The number of Topliss-reactive ketones (excluding diaryl/α,β-unsaturated/α-hetero) is 1. The SMILES string of the molecule is CC(=O)COc1ccc(C=O)cc1Cl. The Bertz CT molecular complexity index is 360. The van der Waals surface area contributed by atoms with Crippen molar-refractivity contribution in [2.24, 2.45) is 0 Å². The van der Waals surface area contributed by atoms with Gasteiger partial charge >= 0.3 is 0 Å². The third-order valence-corrected chi connectivity index (χ3v) is 1.82.